The molecular weight excluding hydrogens is 347 g/mol. The lowest BCUT2D eigenvalue weighted by Crippen LogP contribution is -2.30. The number of nitrogens with one attached hydrogen (secondary N) is 2. The standard InChI is InChI=1S/C18H20Cl2N2S/c1-3-4-13-5-7-14(8-6-13)12(2)21-18(23)22-15-9-10-16(19)17(20)11-15/h5-12H,3-4H2,1-2H3,(H2,21,22,23). The molecule has 1 atom stereocenters. The number of aryl methyl sites for hydroxylation is 1. The Morgan fingerprint density at radius 1 is 1.09 bits per heavy atom. The van der Waals surface area contributed by atoms with Gasteiger partial charge in [-0.2, -0.15) is 0 Å². The molecule has 0 fully saturated rings. The van der Waals surface area contributed by atoms with Crippen LogP contribution in [-0.4, -0.2) is 5.11 Å². The molecule has 0 amide bonds. The van der Waals surface area contributed by atoms with Crippen LogP contribution in [0, 0.1) is 0 Å². The molecule has 2 nitrogen and oxygen atoms in total. The van der Waals surface area contributed by atoms with Crippen LogP contribution in [0.25, 0.3) is 0 Å². The first-order valence-electron chi connectivity index (χ1n) is 7.61. The van der Waals surface area contributed by atoms with E-state index in [0.29, 0.717) is 15.2 Å². The van der Waals surface area contributed by atoms with E-state index in [9.17, 15) is 0 Å². The number of thiocarbonyl (C=S) groups is 1. The summed E-state index contributed by atoms with van der Waals surface area (Å²) in [5, 5.41) is 7.97. The van der Waals surface area contributed by atoms with Crippen molar-refractivity contribution in [1.29, 1.82) is 0 Å². The Labute approximate surface area is 153 Å². The molecule has 5 heteroatoms. The van der Waals surface area contributed by atoms with Gasteiger partial charge < -0.3 is 10.6 Å². The average Bonchev–Trinajstić information content (AvgIpc) is 2.52. The summed E-state index contributed by atoms with van der Waals surface area (Å²) in [7, 11) is 0. The van der Waals surface area contributed by atoms with Gasteiger partial charge in [0.05, 0.1) is 16.1 Å². The van der Waals surface area contributed by atoms with Crippen LogP contribution >= 0.6 is 35.4 Å². The first-order chi connectivity index (χ1) is 11.0. The summed E-state index contributed by atoms with van der Waals surface area (Å²) in [6.45, 7) is 4.27. The van der Waals surface area contributed by atoms with Crippen LogP contribution in [-0.2, 0) is 6.42 Å². The van der Waals surface area contributed by atoms with Gasteiger partial charge >= 0.3 is 0 Å². The Morgan fingerprint density at radius 2 is 1.78 bits per heavy atom. The van der Waals surface area contributed by atoms with E-state index in [4.69, 9.17) is 35.4 Å². The fourth-order valence-corrected chi connectivity index (χ4v) is 2.88. The SMILES string of the molecule is CCCc1ccc(C(C)NC(=S)Nc2ccc(Cl)c(Cl)c2)cc1. The second-order valence-electron chi connectivity index (χ2n) is 5.44. The number of anilines is 1. The van der Waals surface area contributed by atoms with Crippen molar-refractivity contribution < 1.29 is 0 Å². The molecule has 0 aliphatic heterocycles. The molecule has 0 spiro atoms. The first-order valence-corrected chi connectivity index (χ1v) is 8.77. The smallest absolute Gasteiger partial charge is 0.171 e. The zero-order valence-electron chi connectivity index (χ0n) is 13.2. The van der Waals surface area contributed by atoms with Crippen LogP contribution in [0.1, 0.15) is 37.4 Å². The zero-order valence-corrected chi connectivity index (χ0v) is 15.5. The van der Waals surface area contributed by atoms with Crippen molar-refractivity contribution in [2.45, 2.75) is 32.7 Å². The number of benzene rings is 2. The Kier molecular flexibility index (Phi) is 6.70. The molecule has 1 unspecified atom stereocenters. The highest BCUT2D eigenvalue weighted by Crippen LogP contribution is 2.25. The van der Waals surface area contributed by atoms with Crippen molar-refractivity contribution in [1.82, 2.24) is 5.32 Å². The highest BCUT2D eigenvalue weighted by atomic mass is 35.5. The van der Waals surface area contributed by atoms with Gasteiger partial charge in [0.2, 0.25) is 0 Å². The van der Waals surface area contributed by atoms with Gasteiger partial charge in [0, 0.05) is 5.69 Å². The Morgan fingerprint density at radius 3 is 2.39 bits per heavy atom. The van der Waals surface area contributed by atoms with Gasteiger partial charge in [-0.05, 0) is 54.9 Å². The summed E-state index contributed by atoms with van der Waals surface area (Å²) in [5.41, 5.74) is 3.37. The van der Waals surface area contributed by atoms with Crippen molar-refractivity contribution in [2.24, 2.45) is 0 Å². The normalized spacial score (nSPS) is 11.8. The molecule has 0 aliphatic rings. The summed E-state index contributed by atoms with van der Waals surface area (Å²) >= 11 is 17.3. The van der Waals surface area contributed by atoms with Crippen LogP contribution in [0.4, 0.5) is 5.69 Å². The Bertz CT molecular complexity index is 671. The van der Waals surface area contributed by atoms with Crippen LogP contribution in [0.3, 0.4) is 0 Å². The van der Waals surface area contributed by atoms with E-state index < -0.39 is 0 Å². The number of halogens is 2. The van der Waals surface area contributed by atoms with E-state index in [1.807, 2.05) is 6.07 Å². The van der Waals surface area contributed by atoms with E-state index in [-0.39, 0.29) is 6.04 Å². The van der Waals surface area contributed by atoms with Crippen molar-refractivity contribution in [3.05, 3.63) is 63.6 Å². The highest BCUT2D eigenvalue weighted by Gasteiger charge is 2.08. The minimum Gasteiger partial charge on any atom is -0.356 e. The largest absolute Gasteiger partial charge is 0.356 e. The van der Waals surface area contributed by atoms with Gasteiger partial charge in [-0.25, -0.2) is 0 Å². The third kappa shape index (κ3) is 5.38. The molecule has 2 aromatic carbocycles. The molecule has 2 rings (SSSR count). The van der Waals surface area contributed by atoms with Crippen molar-refractivity contribution >= 4 is 46.2 Å². The number of hydrogen-bond donors (Lipinski definition) is 2. The maximum Gasteiger partial charge on any atom is 0.171 e. The number of rotatable bonds is 5. The Balaban J connectivity index is 1.94. The summed E-state index contributed by atoms with van der Waals surface area (Å²) < 4.78 is 0. The molecule has 0 saturated heterocycles. The molecule has 0 bridgehead atoms. The van der Waals surface area contributed by atoms with Gasteiger partial charge in [0.25, 0.3) is 0 Å². The van der Waals surface area contributed by atoms with Gasteiger partial charge in [-0.3, -0.25) is 0 Å². The predicted octanol–water partition coefficient (Wildman–Crippen LogP) is 5.99. The monoisotopic (exact) mass is 366 g/mol. The fourth-order valence-electron chi connectivity index (χ4n) is 2.28. The van der Waals surface area contributed by atoms with Crippen molar-refractivity contribution in [3.8, 4) is 0 Å². The summed E-state index contributed by atoms with van der Waals surface area (Å²) in [5.74, 6) is 0. The second-order valence-corrected chi connectivity index (χ2v) is 6.66. The third-order valence-electron chi connectivity index (χ3n) is 3.54. The quantitative estimate of drug-likeness (QED) is 0.635. The van der Waals surface area contributed by atoms with Gasteiger partial charge in [0.1, 0.15) is 0 Å². The fraction of sp³-hybridized carbons (Fsp3) is 0.278. The number of hydrogen-bond acceptors (Lipinski definition) is 1. The van der Waals surface area contributed by atoms with Crippen LogP contribution in [0.2, 0.25) is 10.0 Å². The lowest BCUT2D eigenvalue weighted by atomic mass is 10.0. The second kappa shape index (κ2) is 8.53. The van der Waals surface area contributed by atoms with Gasteiger partial charge in [-0.1, -0.05) is 60.8 Å². The topological polar surface area (TPSA) is 24.1 Å². The maximum atomic E-state index is 6.00. The Hall–Kier alpha value is -1.29. The molecular formula is C18H20Cl2N2S. The van der Waals surface area contributed by atoms with E-state index >= 15 is 0 Å². The molecule has 0 heterocycles. The van der Waals surface area contributed by atoms with Gasteiger partial charge in [0.15, 0.2) is 5.11 Å². The molecule has 2 N–H and O–H groups in total. The van der Waals surface area contributed by atoms with Gasteiger partial charge in [-0.15, -0.1) is 0 Å². The zero-order chi connectivity index (χ0) is 16.8. The molecule has 0 saturated carbocycles. The van der Waals surface area contributed by atoms with E-state index in [2.05, 4.69) is 48.7 Å². The summed E-state index contributed by atoms with van der Waals surface area (Å²) in [4.78, 5) is 0. The summed E-state index contributed by atoms with van der Waals surface area (Å²) in [6, 6.07) is 14.1. The lowest BCUT2D eigenvalue weighted by Gasteiger charge is -2.18. The average molecular weight is 367 g/mol. The van der Waals surface area contributed by atoms with Crippen LogP contribution in [0.5, 0.6) is 0 Å². The molecule has 122 valence electrons. The molecule has 2 aromatic rings. The van der Waals surface area contributed by atoms with E-state index in [0.717, 1.165) is 18.5 Å². The van der Waals surface area contributed by atoms with Crippen molar-refractivity contribution in [2.75, 3.05) is 5.32 Å². The molecule has 23 heavy (non-hydrogen) atoms. The van der Waals surface area contributed by atoms with Crippen LogP contribution in [0.15, 0.2) is 42.5 Å². The lowest BCUT2D eigenvalue weighted by molar-refractivity contribution is 0.722. The van der Waals surface area contributed by atoms with E-state index in [1.54, 1.807) is 12.1 Å². The van der Waals surface area contributed by atoms with Crippen molar-refractivity contribution in [3.63, 3.8) is 0 Å². The highest BCUT2D eigenvalue weighted by molar-refractivity contribution is 7.80. The predicted molar refractivity (Wildman–Crippen MR) is 105 cm³/mol. The molecule has 0 aliphatic carbocycles. The molecule has 0 radical (unpaired) electrons. The van der Waals surface area contributed by atoms with Crippen LogP contribution < -0.4 is 10.6 Å². The molecule has 0 aromatic heterocycles. The first kappa shape index (κ1) is 18.1. The minimum absolute atomic E-state index is 0.119. The minimum atomic E-state index is 0.119. The maximum absolute atomic E-state index is 6.00. The third-order valence-corrected chi connectivity index (χ3v) is 4.50. The van der Waals surface area contributed by atoms with E-state index in [1.165, 1.54) is 11.1 Å². The summed E-state index contributed by atoms with van der Waals surface area (Å²) in [6.07, 6.45) is 2.27.